The van der Waals surface area contributed by atoms with Crippen LogP contribution in [0.4, 0.5) is 16.2 Å². The van der Waals surface area contributed by atoms with Gasteiger partial charge in [-0.15, -0.1) is 0 Å². The topological polar surface area (TPSA) is 108 Å². The second kappa shape index (κ2) is 8.59. The average molecular weight is 422 g/mol. The minimum atomic E-state index is -1.23. The van der Waals surface area contributed by atoms with Crippen molar-refractivity contribution >= 4 is 35.1 Å². The zero-order valence-corrected chi connectivity index (χ0v) is 18.0. The summed E-state index contributed by atoms with van der Waals surface area (Å²) >= 11 is 0. The normalized spacial score (nSPS) is 18.2. The summed E-state index contributed by atoms with van der Waals surface area (Å²) in [5.41, 5.74) is 1.64. The van der Waals surface area contributed by atoms with E-state index in [1.807, 2.05) is 24.3 Å². The number of hydrogen-bond donors (Lipinski definition) is 3. The van der Waals surface area contributed by atoms with E-state index in [1.165, 1.54) is 6.92 Å². The Morgan fingerprint density at radius 2 is 1.52 bits per heavy atom. The first-order valence-electron chi connectivity index (χ1n) is 10.0. The Labute approximate surface area is 181 Å². The van der Waals surface area contributed by atoms with Crippen LogP contribution in [-0.2, 0) is 19.9 Å². The Balaban J connectivity index is 1.67. The van der Waals surface area contributed by atoms with E-state index in [0.717, 1.165) is 10.5 Å². The molecule has 1 atom stereocenters. The van der Waals surface area contributed by atoms with Gasteiger partial charge in [0.1, 0.15) is 12.1 Å². The van der Waals surface area contributed by atoms with Crippen LogP contribution in [0.15, 0.2) is 48.5 Å². The molecule has 2 aromatic carbocycles. The Bertz CT molecular complexity index is 1010. The molecule has 8 heteroatoms. The number of urea groups is 1. The van der Waals surface area contributed by atoms with Crippen molar-refractivity contribution in [1.29, 1.82) is 0 Å². The molecule has 31 heavy (non-hydrogen) atoms. The largest absolute Gasteiger partial charge is 0.326 e. The first kappa shape index (κ1) is 22.0. The number of nitrogens with one attached hydrogen (secondary N) is 3. The van der Waals surface area contributed by atoms with Crippen molar-refractivity contribution in [2.75, 3.05) is 17.2 Å². The zero-order valence-electron chi connectivity index (χ0n) is 18.0. The van der Waals surface area contributed by atoms with Crippen LogP contribution in [0, 0.1) is 0 Å². The number of rotatable bonds is 6. The maximum absolute atomic E-state index is 13.0. The van der Waals surface area contributed by atoms with Crippen LogP contribution in [0.3, 0.4) is 0 Å². The Morgan fingerprint density at radius 1 is 0.968 bits per heavy atom. The molecule has 1 heterocycles. The van der Waals surface area contributed by atoms with Crippen molar-refractivity contribution < 1.29 is 19.2 Å². The summed E-state index contributed by atoms with van der Waals surface area (Å²) in [4.78, 5) is 49.9. The molecule has 3 rings (SSSR count). The lowest BCUT2D eigenvalue weighted by Crippen LogP contribution is -2.42. The van der Waals surface area contributed by atoms with E-state index in [-0.39, 0.29) is 5.91 Å². The molecule has 2 aromatic rings. The van der Waals surface area contributed by atoms with Gasteiger partial charge >= 0.3 is 6.03 Å². The highest BCUT2D eigenvalue weighted by Crippen LogP contribution is 2.30. The summed E-state index contributed by atoms with van der Waals surface area (Å²) < 4.78 is 0. The van der Waals surface area contributed by atoms with Gasteiger partial charge in [-0.25, -0.2) is 4.79 Å². The van der Waals surface area contributed by atoms with Crippen molar-refractivity contribution in [3.05, 3.63) is 59.7 Å². The van der Waals surface area contributed by atoms with Gasteiger partial charge in [0.05, 0.1) is 0 Å². The summed E-state index contributed by atoms with van der Waals surface area (Å²) in [7, 11) is 0. The van der Waals surface area contributed by atoms with E-state index in [4.69, 9.17) is 0 Å². The molecule has 162 valence electrons. The lowest BCUT2D eigenvalue weighted by Gasteiger charge is -2.22. The molecule has 0 bridgehead atoms. The summed E-state index contributed by atoms with van der Waals surface area (Å²) in [5, 5.41) is 7.99. The van der Waals surface area contributed by atoms with Gasteiger partial charge in [-0.05, 0) is 48.2 Å². The maximum Gasteiger partial charge on any atom is 0.325 e. The van der Waals surface area contributed by atoms with Gasteiger partial charge in [-0.2, -0.15) is 0 Å². The van der Waals surface area contributed by atoms with E-state index in [0.29, 0.717) is 22.9 Å². The molecule has 8 nitrogen and oxygen atoms in total. The van der Waals surface area contributed by atoms with Crippen LogP contribution >= 0.6 is 0 Å². The third-order valence-electron chi connectivity index (χ3n) is 5.22. The van der Waals surface area contributed by atoms with E-state index in [9.17, 15) is 19.2 Å². The number of nitrogens with zero attached hydrogens (tertiary/aromatic N) is 1. The van der Waals surface area contributed by atoms with Crippen molar-refractivity contribution in [3.8, 4) is 0 Å². The molecular weight excluding hydrogens is 396 g/mol. The number of imide groups is 1. The number of benzene rings is 2. The molecule has 3 N–H and O–H groups in total. The Morgan fingerprint density at radius 3 is 2.03 bits per heavy atom. The second-order valence-corrected chi connectivity index (χ2v) is 8.03. The first-order valence-corrected chi connectivity index (χ1v) is 10.0. The summed E-state index contributed by atoms with van der Waals surface area (Å²) in [5.74, 6) is -0.832. The third kappa shape index (κ3) is 4.74. The minimum absolute atomic E-state index is 0.197. The maximum atomic E-state index is 13.0. The standard InChI is InChI=1S/C23H26N4O4/c1-14(2)16-5-7-17(8-6-16)23(4)21(30)27(22(31)26-23)13-20(29)25-19-11-9-18(10-12-19)24-15(3)28/h5-12,14H,13H2,1-4H3,(H,24,28)(H,25,29)(H,26,31)/t23-/m1/s1. The number of amides is 5. The van der Waals surface area contributed by atoms with Gasteiger partial charge < -0.3 is 16.0 Å². The number of carbonyl (C=O) groups excluding carboxylic acids is 4. The summed E-state index contributed by atoms with van der Waals surface area (Å²) in [6, 6.07) is 13.4. The van der Waals surface area contributed by atoms with Crippen molar-refractivity contribution in [3.63, 3.8) is 0 Å². The molecular formula is C23H26N4O4. The minimum Gasteiger partial charge on any atom is -0.326 e. The molecule has 1 aliphatic rings. The first-order chi connectivity index (χ1) is 14.6. The van der Waals surface area contributed by atoms with Crippen molar-refractivity contribution in [1.82, 2.24) is 10.2 Å². The van der Waals surface area contributed by atoms with E-state index < -0.39 is 29.9 Å². The van der Waals surface area contributed by atoms with Gasteiger partial charge in [-0.1, -0.05) is 38.1 Å². The van der Waals surface area contributed by atoms with Gasteiger partial charge in [-0.3, -0.25) is 19.3 Å². The van der Waals surface area contributed by atoms with E-state index in [2.05, 4.69) is 29.8 Å². The highest BCUT2D eigenvalue weighted by Gasteiger charge is 2.49. The van der Waals surface area contributed by atoms with Crippen LogP contribution in [-0.4, -0.2) is 35.2 Å². The molecule has 1 aliphatic heterocycles. The highest BCUT2D eigenvalue weighted by molar-refractivity contribution is 6.10. The molecule has 0 radical (unpaired) electrons. The molecule has 0 unspecified atom stereocenters. The lowest BCUT2D eigenvalue weighted by atomic mass is 9.90. The monoisotopic (exact) mass is 422 g/mol. The van der Waals surface area contributed by atoms with Gasteiger partial charge in [0.2, 0.25) is 11.8 Å². The lowest BCUT2D eigenvalue weighted by molar-refractivity contribution is -0.133. The zero-order chi connectivity index (χ0) is 22.8. The van der Waals surface area contributed by atoms with Crippen LogP contribution in [0.5, 0.6) is 0 Å². The van der Waals surface area contributed by atoms with Crippen molar-refractivity contribution in [2.24, 2.45) is 0 Å². The number of anilines is 2. The van der Waals surface area contributed by atoms with Crippen LogP contribution in [0.2, 0.25) is 0 Å². The third-order valence-corrected chi connectivity index (χ3v) is 5.22. The fourth-order valence-electron chi connectivity index (χ4n) is 3.42. The predicted octanol–water partition coefficient (Wildman–Crippen LogP) is 3.17. The molecule has 0 saturated carbocycles. The molecule has 1 fully saturated rings. The smallest absolute Gasteiger partial charge is 0.325 e. The second-order valence-electron chi connectivity index (χ2n) is 8.03. The summed E-state index contributed by atoms with van der Waals surface area (Å²) in [6.45, 7) is 6.79. The van der Waals surface area contributed by atoms with Crippen LogP contribution in [0.25, 0.3) is 0 Å². The van der Waals surface area contributed by atoms with Crippen LogP contribution in [0.1, 0.15) is 44.7 Å². The Hall–Kier alpha value is -3.68. The number of hydrogen-bond acceptors (Lipinski definition) is 4. The van der Waals surface area contributed by atoms with Crippen molar-refractivity contribution in [2.45, 2.75) is 39.2 Å². The Kier molecular flexibility index (Phi) is 6.10. The van der Waals surface area contributed by atoms with Gasteiger partial charge in [0.15, 0.2) is 0 Å². The fraction of sp³-hybridized carbons (Fsp3) is 0.304. The quantitative estimate of drug-likeness (QED) is 0.622. The molecule has 0 spiro atoms. The SMILES string of the molecule is CC(=O)Nc1ccc(NC(=O)CN2C(=O)N[C@](C)(c3ccc(C(C)C)cc3)C2=O)cc1. The predicted molar refractivity (Wildman–Crippen MR) is 118 cm³/mol. The molecule has 0 aromatic heterocycles. The van der Waals surface area contributed by atoms with E-state index in [1.54, 1.807) is 31.2 Å². The molecule has 0 aliphatic carbocycles. The molecule has 1 saturated heterocycles. The average Bonchev–Trinajstić information content (AvgIpc) is 2.93. The van der Waals surface area contributed by atoms with Crippen LogP contribution < -0.4 is 16.0 Å². The van der Waals surface area contributed by atoms with Gasteiger partial charge in [0.25, 0.3) is 5.91 Å². The number of carbonyl (C=O) groups is 4. The highest BCUT2D eigenvalue weighted by atomic mass is 16.2. The summed E-state index contributed by atoms with van der Waals surface area (Å²) in [6.07, 6.45) is 0. The van der Waals surface area contributed by atoms with Gasteiger partial charge in [0, 0.05) is 18.3 Å². The van der Waals surface area contributed by atoms with E-state index >= 15 is 0 Å². The molecule has 5 amide bonds. The fourth-order valence-corrected chi connectivity index (χ4v) is 3.42.